The molecular formula is C24H23N5O. The topological polar surface area (TPSA) is 87.9 Å². The highest BCUT2D eigenvalue weighted by Gasteiger charge is 2.34. The van der Waals surface area contributed by atoms with Crippen LogP contribution in [0.15, 0.2) is 60.8 Å². The van der Waals surface area contributed by atoms with Gasteiger partial charge in [-0.05, 0) is 49.1 Å². The van der Waals surface area contributed by atoms with E-state index in [4.69, 9.17) is 5.73 Å². The summed E-state index contributed by atoms with van der Waals surface area (Å²) >= 11 is 0. The van der Waals surface area contributed by atoms with E-state index < -0.39 is 0 Å². The Morgan fingerprint density at radius 2 is 1.93 bits per heavy atom. The first-order valence-electron chi connectivity index (χ1n) is 10.2. The quantitative estimate of drug-likeness (QED) is 0.525. The van der Waals surface area contributed by atoms with Crippen LogP contribution in [0, 0.1) is 6.92 Å². The first kappa shape index (κ1) is 18.4. The summed E-state index contributed by atoms with van der Waals surface area (Å²) in [4.78, 5) is 27.4. The van der Waals surface area contributed by atoms with Crippen molar-refractivity contribution in [2.45, 2.75) is 32.4 Å². The Morgan fingerprint density at radius 1 is 1.13 bits per heavy atom. The average Bonchev–Trinajstić information content (AvgIpc) is 3.53. The fourth-order valence-corrected chi connectivity index (χ4v) is 3.69. The van der Waals surface area contributed by atoms with Gasteiger partial charge in [-0.15, -0.1) is 0 Å². The van der Waals surface area contributed by atoms with E-state index >= 15 is 0 Å². The first-order chi connectivity index (χ1) is 14.6. The zero-order valence-electron chi connectivity index (χ0n) is 16.8. The number of fused-ring (bicyclic) bond motifs is 1. The summed E-state index contributed by atoms with van der Waals surface area (Å²) in [5, 5.41) is 0. The van der Waals surface area contributed by atoms with Crippen LogP contribution in [0.4, 0.5) is 5.82 Å². The second-order valence-electron chi connectivity index (χ2n) is 7.87. The largest absolute Gasteiger partial charge is 0.383 e. The van der Waals surface area contributed by atoms with E-state index in [-0.39, 0.29) is 11.9 Å². The van der Waals surface area contributed by atoms with Crippen LogP contribution in [-0.4, -0.2) is 31.8 Å². The fraction of sp³-hybridized carbons (Fsp3) is 0.208. The van der Waals surface area contributed by atoms with Crippen molar-refractivity contribution in [2.75, 3.05) is 5.73 Å². The summed E-state index contributed by atoms with van der Waals surface area (Å²) in [6, 6.07) is 18.2. The van der Waals surface area contributed by atoms with Gasteiger partial charge in [0.2, 0.25) is 0 Å². The predicted molar refractivity (Wildman–Crippen MR) is 118 cm³/mol. The van der Waals surface area contributed by atoms with Crippen LogP contribution in [0.3, 0.4) is 0 Å². The highest BCUT2D eigenvalue weighted by atomic mass is 16.2. The number of benzene rings is 1. The number of aromatic nitrogens is 3. The number of aromatic amines is 1. The van der Waals surface area contributed by atoms with Crippen LogP contribution in [0.25, 0.3) is 22.2 Å². The number of nitrogens with two attached hydrogens (primary N) is 1. The molecule has 5 rings (SSSR count). The van der Waals surface area contributed by atoms with E-state index in [0.29, 0.717) is 23.6 Å². The van der Waals surface area contributed by atoms with Crippen molar-refractivity contribution in [2.24, 2.45) is 0 Å². The number of aryl methyl sites for hydroxylation is 1. The maximum absolute atomic E-state index is 13.3. The smallest absolute Gasteiger partial charge is 0.270 e. The van der Waals surface area contributed by atoms with Crippen LogP contribution >= 0.6 is 0 Å². The lowest BCUT2D eigenvalue weighted by molar-refractivity contribution is 0.0722. The van der Waals surface area contributed by atoms with Gasteiger partial charge in [0.25, 0.3) is 5.91 Å². The summed E-state index contributed by atoms with van der Waals surface area (Å²) in [7, 11) is 0. The van der Waals surface area contributed by atoms with Gasteiger partial charge in [-0.3, -0.25) is 9.78 Å². The van der Waals surface area contributed by atoms with E-state index in [1.165, 1.54) is 0 Å². The zero-order valence-corrected chi connectivity index (χ0v) is 16.8. The lowest BCUT2D eigenvalue weighted by Gasteiger charge is -2.21. The van der Waals surface area contributed by atoms with E-state index in [1.807, 2.05) is 48.4 Å². The first-order valence-corrected chi connectivity index (χ1v) is 10.2. The van der Waals surface area contributed by atoms with E-state index in [0.717, 1.165) is 40.7 Å². The third kappa shape index (κ3) is 3.52. The number of carbonyl (C=O) groups excluding carboxylic acids is 1. The minimum absolute atomic E-state index is 0.0272. The number of rotatable bonds is 5. The number of H-pyrrole nitrogens is 1. The van der Waals surface area contributed by atoms with Crippen LogP contribution in [-0.2, 0) is 6.54 Å². The molecule has 1 aromatic carbocycles. The normalized spacial score (nSPS) is 13.5. The molecule has 0 bridgehead atoms. The molecule has 150 valence electrons. The van der Waals surface area contributed by atoms with Gasteiger partial charge in [0, 0.05) is 17.8 Å². The van der Waals surface area contributed by atoms with Crippen molar-refractivity contribution in [1.29, 1.82) is 0 Å². The summed E-state index contributed by atoms with van der Waals surface area (Å²) in [5.74, 6) is 0.461. The molecule has 1 saturated carbocycles. The molecule has 0 aliphatic heterocycles. The molecule has 0 unspecified atom stereocenters. The second kappa shape index (κ2) is 7.30. The van der Waals surface area contributed by atoms with Gasteiger partial charge < -0.3 is 15.6 Å². The summed E-state index contributed by atoms with van der Waals surface area (Å²) in [6.07, 6.45) is 3.93. The molecule has 0 radical (unpaired) electrons. The molecule has 4 aromatic rings. The Labute approximate surface area is 174 Å². The van der Waals surface area contributed by atoms with Crippen molar-refractivity contribution in [3.8, 4) is 11.1 Å². The molecule has 1 amide bonds. The molecule has 6 nitrogen and oxygen atoms in total. The summed E-state index contributed by atoms with van der Waals surface area (Å²) in [5.41, 5.74) is 12.0. The lowest BCUT2D eigenvalue weighted by atomic mass is 10.1. The Hall–Kier alpha value is -3.67. The third-order valence-corrected chi connectivity index (χ3v) is 5.58. The summed E-state index contributed by atoms with van der Waals surface area (Å²) < 4.78 is 0. The minimum atomic E-state index is -0.0272. The van der Waals surface area contributed by atoms with Gasteiger partial charge in [0.1, 0.15) is 11.5 Å². The van der Waals surface area contributed by atoms with Gasteiger partial charge in [0.15, 0.2) is 0 Å². The fourth-order valence-electron chi connectivity index (χ4n) is 3.69. The van der Waals surface area contributed by atoms with Crippen LogP contribution in [0.1, 0.15) is 34.6 Å². The maximum atomic E-state index is 13.3. The van der Waals surface area contributed by atoms with Crippen molar-refractivity contribution in [3.63, 3.8) is 0 Å². The van der Waals surface area contributed by atoms with Gasteiger partial charge in [-0.2, -0.15) is 0 Å². The monoisotopic (exact) mass is 397 g/mol. The number of nitrogen functional groups attached to an aromatic ring is 1. The van der Waals surface area contributed by atoms with Crippen molar-refractivity contribution in [3.05, 3.63) is 77.7 Å². The Bertz CT molecular complexity index is 1170. The molecule has 0 atom stereocenters. The molecule has 6 heteroatoms. The Balaban J connectivity index is 1.39. The molecule has 3 N–H and O–H groups in total. The van der Waals surface area contributed by atoms with Gasteiger partial charge in [-0.25, -0.2) is 4.98 Å². The molecule has 0 spiro atoms. The van der Waals surface area contributed by atoms with Gasteiger partial charge in [-0.1, -0.05) is 36.4 Å². The van der Waals surface area contributed by atoms with E-state index in [2.05, 4.69) is 33.2 Å². The highest BCUT2D eigenvalue weighted by Crippen LogP contribution is 2.30. The molecule has 30 heavy (non-hydrogen) atoms. The number of hydrogen-bond acceptors (Lipinski definition) is 4. The molecular weight excluding hydrogens is 374 g/mol. The van der Waals surface area contributed by atoms with Crippen LogP contribution in [0.2, 0.25) is 0 Å². The van der Waals surface area contributed by atoms with Crippen molar-refractivity contribution in [1.82, 2.24) is 19.9 Å². The minimum Gasteiger partial charge on any atom is -0.383 e. The number of nitrogens with one attached hydrogen (secondary N) is 1. The van der Waals surface area contributed by atoms with Crippen LogP contribution in [0.5, 0.6) is 0 Å². The van der Waals surface area contributed by atoms with Crippen molar-refractivity contribution >= 4 is 22.8 Å². The number of hydrogen-bond donors (Lipinski definition) is 2. The van der Waals surface area contributed by atoms with E-state index in [9.17, 15) is 4.79 Å². The van der Waals surface area contributed by atoms with Gasteiger partial charge >= 0.3 is 0 Å². The maximum Gasteiger partial charge on any atom is 0.270 e. The number of anilines is 1. The van der Waals surface area contributed by atoms with Crippen LogP contribution < -0.4 is 5.73 Å². The standard InChI is InChI=1S/C24H23N5O/c1-15-11-20-21(28-23(15)25)12-22(27-20)24(30)29(19-9-10-19)14-18-8-7-17(13-26-18)16-5-3-2-4-6-16/h2-8,11-13,19,27H,9-10,14H2,1H3,(H2,25,28). The molecule has 0 saturated heterocycles. The molecule has 1 fully saturated rings. The average molecular weight is 397 g/mol. The zero-order chi connectivity index (χ0) is 20.7. The number of amides is 1. The lowest BCUT2D eigenvalue weighted by Crippen LogP contribution is -2.33. The third-order valence-electron chi connectivity index (χ3n) is 5.58. The molecule has 3 heterocycles. The highest BCUT2D eigenvalue weighted by molar-refractivity contribution is 5.97. The van der Waals surface area contributed by atoms with Crippen molar-refractivity contribution < 1.29 is 4.79 Å². The molecule has 3 aromatic heterocycles. The number of nitrogens with zero attached hydrogens (tertiary/aromatic N) is 3. The summed E-state index contributed by atoms with van der Waals surface area (Å²) in [6.45, 7) is 2.40. The Morgan fingerprint density at radius 3 is 2.63 bits per heavy atom. The predicted octanol–water partition coefficient (Wildman–Crippen LogP) is 4.32. The van der Waals surface area contributed by atoms with E-state index in [1.54, 1.807) is 6.07 Å². The molecule has 1 aliphatic rings. The SMILES string of the molecule is Cc1cc2[nH]c(C(=O)N(Cc3ccc(-c4ccccc4)cn3)C3CC3)cc2nc1N. The Kier molecular flexibility index (Phi) is 4.47. The second-order valence-corrected chi connectivity index (χ2v) is 7.87. The number of pyridine rings is 2. The number of carbonyl (C=O) groups is 1. The van der Waals surface area contributed by atoms with Gasteiger partial charge in [0.05, 0.1) is 23.3 Å². The molecule has 1 aliphatic carbocycles.